The Kier molecular flexibility index (Phi) is 6.17. The Morgan fingerprint density at radius 3 is 2.20 bits per heavy atom. The summed E-state index contributed by atoms with van der Waals surface area (Å²) in [6, 6.07) is 0. The quantitative estimate of drug-likeness (QED) is 0.519. The molecule has 0 aromatic heterocycles. The van der Waals surface area contributed by atoms with Crippen LogP contribution in [0.4, 0.5) is 0 Å². The van der Waals surface area contributed by atoms with Crippen LogP contribution in [-0.4, -0.2) is 15.1 Å². The molecule has 0 bridgehead atoms. The molecule has 2 heteroatoms. The third-order valence-corrected chi connectivity index (χ3v) is 5.60. The van der Waals surface area contributed by atoms with Crippen molar-refractivity contribution in [2.24, 2.45) is 17.8 Å². The monoisotopic (exact) mass is 323 g/mol. The van der Waals surface area contributed by atoms with Crippen LogP contribution in [0, 0.1) is 17.8 Å². The predicted molar refractivity (Wildman–Crippen MR) is 60.7 cm³/mol. The molecule has 1 aliphatic carbocycles. The van der Waals surface area contributed by atoms with E-state index in [0.29, 0.717) is 32.9 Å². The van der Waals surface area contributed by atoms with Crippen LogP contribution in [0.25, 0.3) is 0 Å². The van der Waals surface area contributed by atoms with Crippen molar-refractivity contribution in [3.63, 3.8) is 0 Å². The van der Waals surface area contributed by atoms with E-state index in [1.807, 2.05) is 13.8 Å². The molecule has 0 saturated heterocycles. The molecule has 0 radical (unpaired) electrons. The van der Waals surface area contributed by atoms with Crippen molar-refractivity contribution in [1.29, 1.82) is 0 Å². The third kappa shape index (κ3) is 4.83. The van der Waals surface area contributed by atoms with Gasteiger partial charge in [-0.05, 0) is 0 Å². The van der Waals surface area contributed by atoms with Crippen molar-refractivity contribution in [1.82, 2.24) is 0 Å². The van der Waals surface area contributed by atoms with Gasteiger partial charge in [0, 0.05) is 0 Å². The van der Waals surface area contributed by atoms with Crippen LogP contribution < -0.4 is 21.2 Å². The van der Waals surface area contributed by atoms with Gasteiger partial charge in [0.25, 0.3) is 0 Å². The molecule has 0 amide bonds. The van der Waals surface area contributed by atoms with E-state index in [2.05, 4.69) is 4.93 Å². The summed E-state index contributed by atoms with van der Waals surface area (Å²) in [4.78, 5) is 14.0. The standard InChI is InChI=1S/C13H24IO/c1-10(2)13(15)8-11-4-6-12(7-5-11)9-14-3/h10-12H,4-9H2,1-3H3/q-1. The first-order chi connectivity index (χ1) is 7.13. The molecule has 90 valence electrons. The van der Waals surface area contributed by atoms with Crippen LogP contribution in [0.2, 0.25) is 0 Å². The van der Waals surface area contributed by atoms with Crippen molar-refractivity contribution in [3.05, 3.63) is 0 Å². The Morgan fingerprint density at radius 2 is 1.73 bits per heavy atom. The van der Waals surface area contributed by atoms with E-state index in [4.69, 9.17) is 0 Å². The Labute approximate surface area is 105 Å². The second-order valence-corrected chi connectivity index (χ2v) is 7.54. The van der Waals surface area contributed by atoms with Gasteiger partial charge in [-0.15, -0.1) is 0 Å². The topological polar surface area (TPSA) is 17.1 Å². The number of rotatable bonds is 5. The van der Waals surface area contributed by atoms with E-state index in [-0.39, 0.29) is 5.92 Å². The molecule has 1 rings (SSSR count). The minimum atomic E-state index is 0.240. The number of carbonyl (C=O) groups is 1. The van der Waals surface area contributed by atoms with Gasteiger partial charge in [-0.2, -0.15) is 0 Å². The molecular formula is C13H24IO-. The second-order valence-electron chi connectivity index (χ2n) is 5.13. The summed E-state index contributed by atoms with van der Waals surface area (Å²) in [7, 11) is 0. The number of carbonyl (C=O) groups excluding carboxylic acids is 1. The zero-order valence-electron chi connectivity index (χ0n) is 10.3. The Bertz CT molecular complexity index is 193. The first kappa shape index (κ1) is 13.5. The van der Waals surface area contributed by atoms with Gasteiger partial charge >= 0.3 is 105 Å². The second kappa shape index (κ2) is 6.87. The van der Waals surface area contributed by atoms with Gasteiger partial charge in [-0.3, -0.25) is 0 Å². The molecule has 0 aromatic rings. The summed E-state index contributed by atoms with van der Waals surface area (Å²) >= 11 is 0.473. The summed E-state index contributed by atoms with van der Waals surface area (Å²) in [5.41, 5.74) is 0. The fourth-order valence-corrected chi connectivity index (χ4v) is 4.45. The summed E-state index contributed by atoms with van der Waals surface area (Å²) in [6.45, 7) is 4.05. The van der Waals surface area contributed by atoms with Crippen LogP contribution >= 0.6 is 0 Å². The molecule has 15 heavy (non-hydrogen) atoms. The van der Waals surface area contributed by atoms with Crippen LogP contribution in [0.5, 0.6) is 0 Å². The van der Waals surface area contributed by atoms with E-state index in [9.17, 15) is 4.79 Å². The van der Waals surface area contributed by atoms with E-state index in [1.165, 1.54) is 30.1 Å². The van der Waals surface area contributed by atoms with Gasteiger partial charge in [0.2, 0.25) is 0 Å². The summed E-state index contributed by atoms with van der Waals surface area (Å²) in [5, 5.41) is 0. The van der Waals surface area contributed by atoms with Gasteiger partial charge in [0.1, 0.15) is 0 Å². The number of hydrogen-bond acceptors (Lipinski definition) is 1. The number of alkyl halides is 2. The van der Waals surface area contributed by atoms with E-state index in [0.717, 1.165) is 12.3 Å². The fraction of sp³-hybridized carbons (Fsp3) is 0.923. The molecule has 0 spiro atoms. The molecule has 0 aliphatic heterocycles. The van der Waals surface area contributed by atoms with Gasteiger partial charge < -0.3 is 0 Å². The Hall–Kier alpha value is 0.400. The van der Waals surface area contributed by atoms with Gasteiger partial charge in [0.05, 0.1) is 0 Å². The summed E-state index contributed by atoms with van der Waals surface area (Å²) < 4.78 is 1.50. The van der Waals surface area contributed by atoms with Crippen molar-refractivity contribution in [2.45, 2.75) is 46.0 Å². The first-order valence-electron chi connectivity index (χ1n) is 6.10. The molecule has 1 saturated carbocycles. The average molecular weight is 323 g/mol. The molecule has 0 N–H and O–H groups in total. The third-order valence-electron chi connectivity index (χ3n) is 3.47. The molecule has 0 heterocycles. The first-order valence-corrected chi connectivity index (χ1v) is 9.78. The molecule has 0 aromatic carbocycles. The van der Waals surface area contributed by atoms with Gasteiger partial charge in [-0.1, -0.05) is 0 Å². The van der Waals surface area contributed by atoms with Crippen LogP contribution in [0.1, 0.15) is 46.0 Å². The zero-order valence-corrected chi connectivity index (χ0v) is 12.4. The minimum absolute atomic E-state index is 0.240. The molecular weight excluding hydrogens is 299 g/mol. The fourth-order valence-electron chi connectivity index (χ4n) is 2.33. The molecule has 0 atom stereocenters. The van der Waals surface area contributed by atoms with E-state index in [1.54, 1.807) is 0 Å². The van der Waals surface area contributed by atoms with Gasteiger partial charge in [-0.25, -0.2) is 0 Å². The molecule has 1 aliphatic rings. The predicted octanol–water partition coefficient (Wildman–Crippen LogP) is 0.127. The van der Waals surface area contributed by atoms with Crippen LogP contribution in [0.3, 0.4) is 0 Å². The Balaban J connectivity index is 2.22. The molecule has 0 unspecified atom stereocenters. The van der Waals surface area contributed by atoms with Crippen molar-refractivity contribution < 1.29 is 26.0 Å². The van der Waals surface area contributed by atoms with Crippen molar-refractivity contribution in [2.75, 3.05) is 9.36 Å². The summed E-state index contributed by atoms with van der Waals surface area (Å²) in [6.07, 6.45) is 6.26. The molecule has 1 fully saturated rings. The SMILES string of the molecule is C[I-]CC1CCC(CC(=O)C(C)C)CC1. The number of halogens is 1. The van der Waals surface area contributed by atoms with Crippen molar-refractivity contribution in [3.8, 4) is 0 Å². The summed E-state index contributed by atoms with van der Waals surface area (Å²) in [5.74, 6) is 2.44. The number of ketones is 1. The van der Waals surface area contributed by atoms with Crippen LogP contribution in [-0.2, 0) is 4.79 Å². The normalized spacial score (nSPS) is 27.2. The zero-order chi connectivity index (χ0) is 11.3. The Morgan fingerprint density at radius 1 is 1.20 bits per heavy atom. The van der Waals surface area contributed by atoms with E-state index < -0.39 is 0 Å². The van der Waals surface area contributed by atoms with Crippen molar-refractivity contribution >= 4 is 5.78 Å². The maximum absolute atomic E-state index is 11.6. The molecule has 1 nitrogen and oxygen atoms in total. The maximum atomic E-state index is 11.6. The van der Waals surface area contributed by atoms with Gasteiger partial charge in [0.15, 0.2) is 0 Å². The average Bonchev–Trinajstić information content (AvgIpc) is 2.21. The number of Topliss-reactive ketones (excluding diaryl/α,β-unsaturated/α-hetero) is 1. The van der Waals surface area contributed by atoms with Crippen LogP contribution in [0.15, 0.2) is 0 Å². The van der Waals surface area contributed by atoms with E-state index >= 15 is 0 Å². The number of hydrogen-bond donors (Lipinski definition) is 0.